The molecule has 1 aliphatic carbocycles. The van der Waals surface area contributed by atoms with Crippen LogP contribution in [0, 0.1) is 17.2 Å². The van der Waals surface area contributed by atoms with Gasteiger partial charge in [-0.1, -0.05) is 18.9 Å². The van der Waals surface area contributed by atoms with Crippen LogP contribution < -0.4 is 10.6 Å². The minimum absolute atomic E-state index is 0.501. The van der Waals surface area contributed by atoms with Crippen molar-refractivity contribution in [1.29, 1.82) is 5.26 Å². The number of anilines is 1. The Labute approximate surface area is 121 Å². The first-order valence-electron chi connectivity index (χ1n) is 7.83. The molecular weight excluding hydrogens is 246 g/mol. The van der Waals surface area contributed by atoms with Crippen LogP contribution in [0.4, 0.5) is 5.69 Å². The quantitative estimate of drug-likeness (QED) is 0.897. The highest BCUT2D eigenvalue weighted by Gasteiger charge is 2.34. The Bertz CT molecular complexity index is 515. The fraction of sp³-hybridized carbons (Fsp3) is 0.588. The number of nitriles is 1. The molecule has 1 aliphatic heterocycles. The molecule has 0 aromatic heterocycles. The van der Waals surface area contributed by atoms with E-state index in [1.54, 1.807) is 0 Å². The summed E-state index contributed by atoms with van der Waals surface area (Å²) in [4.78, 5) is 2.51. The van der Waals surface area contributed by atoms with Crippen molar-refractivity contribution < 1.29 is 0 Å². The molecule has 0 unspecified atom stereocenters. The predicted octanol–water partition coefficient (Wildman–Crippen LogP) is 3.18. The van der Waals surface area contributed by atoms with Crippen LogP contribution in [0.1, 0.15) is 49.7 Å². The van der Waals surface area contributed by atoms with Crippen LogP contribution in [0.15, 0.2) is 18.2 Å². The molecule has 1 heterocycles. The van der Waals surface area contributed by atoms with E-state index in [9.17, 15) is 5.26 Å². The fourth-order valence-corrected chi connectivity index (χ4v) is 3.97. The largest absolute Gasteiger partial charge is 0.367 e. The van der Waals surface area contributed by atoms with Gasteiger partial charge < -0.3 is 10.6 Å². The Morgan fingerprint density at radius 3 is 2.80 bits per heavy atom. The topological polar surface area (TPSA) is 53.1 Å². The summed E-state index contributed by atoms with van der Waals surface area (Å²) in [5.74, 6) is 0.832. The number of hydrogen-bond donors (Lipinski definition) is 1. The zero-order valence-electron chi connectivity index (χ0n) is 12.0. The molecule has 3 nitrogen and oxygen atoms in total. The molecule has 106 valence electrons. The molecule has 1 saturated heterocycles. The fourth-order valence-electron chi connectivity index (χ4n) is 3.97. The van der Waals surface area contributed by atoms with Crippen molar-refractivity contribution in [3.05, 3.63) is 29.3 Å². The van der Waals surface area contributed by atoms with Gasteiger partial charge >= 0.3 is 0 Å². The van der Waals surface area contributed by atoms with Gasteiger partial charge in [-0.3, -0.25) is 0 Å². The van der Waals surface area contributed by atoms with Gasteiger partial charge in [0.25, 0.3) is 0 Å². The molecule has 2 atom stereocenters. The lowest BCUT2D eigenvalue weighted by molar-refractivity contribution is 0.244. The average Bonchev–Trinajstić information content (AvgIpc) is 2.53. The molecule has 1 aromatic carbocycles. The minimum Gasteiger partial charge on any atom is -0.367 e. The normalized spacial score (nSPS) is 25.9. The summed E-state index contributed by atoms with van der Waals surface area (Å²) < 4.78 is 0. The van der Waals surface area contributed by atoms with Crippen molar-refractivity contribution in [2.24, 2.45) is 11.7 Å². The lowest BCUT2D eigenvalue weighted by Gasteiger charge is -2.45. The number of piperidine rings is 1. The van der Waals surface area contributed by atoms with Gasteiger partial charge in [-0.2, -0.15) is 5.26 Å². The van der Waals surface area contributed by atoms with Gasteiger partial charge in [-0.05, 0) is 49.3 Å². The second kappa shape index (κ2) is 5.85. The Morgan fingerprint density at radius 2 is 2.00 bits per heavy atom. The third kappa shape index (κ3) is 2.41. The van der Waals surface area contributed by atoms with E-state index in [1.807, 2.05) is 6.07 Å². The number of nitrogens with zero attached hydrogens (tertiary/aromatic N) is 2. The van der Waals surface area contributed by atoms with Crippen molar-refractivity contribution in [1.82, 2.24) is 0 Å². The van der Waals surface area contributed by atoms with Gasteiger partial charge in [-0.15, -0.1) is 0 Å². The van der Waals surface area contributed by atoms with E-state index in [0.717, 1.165) is 29.3 Å². The van der Waals surface area contributed by atoms with Crippen LogP contribution in [-0.2, 0) is 6.54 Å². The second-order valence-corrected chi connectivity index (χ2v) is 6.11. The molecule has 3 heteroatoms. The highest BCUT2D eigenvalue weighted by Crippen LogP contribution is 2.38. The number of benzene rings is 1. The number of nitrogens with two attached hydrogens (primary N) is 1. The van der Waals surface area contributed by atoms with Gasteiger partial charge in [0.05, 0.1) is 11.3 Å². The van der Waals surface area contributed by atoms with Crippen LogP contribution in [-0.4, -0.2) is 12.6 Å². The summed E-state index contributed by atoms with van der Waals surface area (Å²) in [7, 11) is 0. The molecule has 1 aromatic rings. The zero-order chi connectivity index (χ0) is 13.9. The summed E-state index contributed by atoms with van der Waals surface area (Å²) in [5, 5.41) is 9.45. The van der Waals surface area contributed by atoms with E-state index in [2.05, 4.69) is 23.1 Å². The van der Waals surface area contributed by atoms with Crippen molar-refractivity contribution in [2.75, 3.05) is 11.4 Å². The minimum atomic E-state index is 0.501. The molecule has 2 fully saturated rings. The molecule has 20 heavy (non-hydrogen) atoms. The maximum atomic E-state index is 9.45. The first-order chi connectivity index (χ1) is 9.83. The van der Waals surface area contributed by atoms with E-state index >= 15 is 0 Å². The highest BCUT2D eigenvalue weighted by molar-refractivity contribution is 5.61. The molecule has 1 saturated carbocycles. The highest BCUT2D eigenvalue weighted by atomic mass is 15.2. The van der Waals surface area contributed by atoms with Gasteiger partial charge in [0, 0.05) is 19.1 Å². The summed E-state index contributed by atoms with van der Waals surface area (Å²) >= 11 is 0. The molecule has 0 spiro atoms. The first-order valence-corrected chi connectivity index (χ1v) is 7.83. The predicted molar refractivity (Wildman–Crippen MR) is 81.4 cm³/mol. The Hall–Kier alpha value is -1.53. The molecule has 0 bridgehead atoms. The van der Waals surface area contributed by atoms with E-state index in [1.165, 1.54) is 38.5 Å². The van der Waals surface area contributed by atoms with Crippen molar-refractivity contribution >= 4 is 5.69 Å². The first kappa shape index (κ1) is 13.5. The van der Waals surface area contributed by atoms with Gasteiger partial charge in [0.2, 0.25) is 0 Å². The van der Waals surface area contributed by atoms with Gasteiger partial charge in [0.15, 0.2) is 0 Å². The number of hydrogen-bond acceptors (Lipinski definition) is 3. The standard InChI is InChI=1S/C17H23N3/c18-11-13-7-8-17(15(10-13)12-19)20-9-3-5-14-4-1-2-6-16(14)20/h7-8,10,14,16H,1-6,9,11,18H2/t14-,16-/m1/s1. The van der Waals surface area contributed by atoms with E-state index in [0.29, 0.717) is 12.6 Å². The van der Waals surface area contributed by atoms with Crippen LogP contribution in [0.3, 0.4) is 0 Å². The summed E-state index contributed by atoms with van der Waals surface area (Å²) in [6.07, 6.45) is 7.99. The average molecular weight is 269 g/mol. The van der Waals surface area contributed by atoms with Crippen molar-refractivity contribution in [2.45, 2.75) is 51.1 Å². The van der Waals surface area contributed by atoms with E-state index in [4.69, 9.17) is 5.73 Å². The number of rotatable bonds is 2. The SMILES string of the molecule is N#Cc1cc(CN)ccc1N1CCC[C@H]2CCCC[C@H]21. The van der Waals surface area contributed by atoms with E-state index in [-0.39, 0.29) is 0 Å². The second-order valence-electron chi connectivity index (χ2n) is 6.11. The monoisotopic (exact) mass is 269 g/mol. The smallest absolute Gasteiger partial charge is 0.101 e. The molecule has 2 aliphatic rings. The lowest BCUT2D eigenvalue weighted by Crippen LogP contribution is -2.47. The van der Waals surface area contributed by atoms with Crippen LogP contribution >= 0.6 is 0 Å². The van der Waals surface area contributed by atoms with E-state index < -0.39 is 0 Å². The molecule has 0 amide bonds. The van der Waals surface area contributed by atoms with Crippen LogP contribution in [0.2, 0.25) is 0 Å². The third-order valence-corrected chi connectivity index (χ3v) is 4.97. The summed E-state index contributed by atoms with van der Waals surface area (Å²) in [6.45, 7) is 1.60. The van der Waals surface area contributed by atoms with Crippen molar-refractivity contribution in [3.63, 3.8) is 0 Å². The van der Waals surface area contributed by atoms with Gasteiger partial charge in [-0.25, -0.2) is 0 Å². The number of fused-ring (bicyclic) bond motifs is 1. The Kier molecular flexibility index (Phi) is 3.93. The molecule has 0 radical (unpaired) electrons. The maximum Gasteiger partial charge on any atom is 0.101 e. The zero-order valence-corrected chi connectivity index (χ0v) is 12.0. The summed E-state index contributed by atoms with van der Waals surface area (Å²) in [5.41, 5.74) is 8.65. The van der Waals surface area contributed by atoms with Crippen LogP contribution in [0.25, 0.3) is 0 Å². The molecule has 3 rings (SSSR count). The van der Waals surface area contributed by atoms with Crippen LogP contribution in [0.5, 0.6) is 0 Å². The van der Waals surface area contributed by atoms with Crippen molar-refractivity contribution in [3.8, 4) is 6.07 Å². The summed E-state index contributed by atoms with van der Waals surface area (Å²) in [6, 6.07) is 9.15. The molecular formula is C17H23N3. The molecule has 2 N–H and O–H groups in total. The Balaban J connectivity index is 1.93. The third-order valence-electron chi connectivity index (χ3n) is 4.97. The van der Waals surface area contributed by atoms with Gasteiger partial charge in [0.1, 0.15) is 6.07 Å². The maximum absolute atomic E-state index is 9.45. The lowest BCUT2D eigenvalue weighted by atomic mass is 9.78. The Morgan fingerprint density at radius 1 is 1.20 bits per heavy atom.